The lowest BCUT2D eigenvalue weighted by Crippen LogP contribution is -2.34. The molecule has 0 bridgehead atoms. The zero-order valence-corrected chi connectivity index (χ0v) is 11.2. The molecule has 1 unspecified atom stereocenters. The summed E-state index contributed by atoms with van der Waals surface area (Å²) in [5, 5.41) is 4.55. The summed E-state index contributed by atoms with van der Waals surface area (Å²) in [5.41, 5.74) is 2.42. The van der Waals surface area contributed by atoms with Crippen molar-refractivity contribution in [2.75, 3.05) is 19.8 Å². The van der Waals surface area contributed by atoms with E-state index in [0.29, 0.717) is 19.8 Å². The van der Waals surface area contributed by atoms with Crippen molar-refractivity contribution < 1.29 is 9.47 Å². The van der Waals surface area contributed by atoms with Gasteiger partial charge in [-0.05, 0) is 13.0 Å². The summed E-state index contributed by atoms with van der Waals surface area (Å²) in [6.45, 7) is 11.5. The Kier molecular flexibility index (Phi) is 3.54. The summed E-state index contributed by atoms with van der Waals surface area (Å²) in [4.78, 5) is 0. The third kappa shape index (κ3) is 3.07. The molecule has 0 radical (unpaired) electrons. The normalized spacial score (nSPS) is 21.8. The van der Waals surface area contributed by atoms with E-state index in [1.54, 1.807) is 0 Å². The first-order valence-corrected chi connectivity index (χ1v) is 6.21. The van der Waals surface area contributed by atoms with E-state index in [9.17, 15) is 0 Å². The van der Waals surface area contributed by atoms with Gasteiger partial charge in [0.1, 0.15) is 6.10 Å². The van der Waals surface area contributed by atoms with Crippen LogP contribution in [0.15, 0.2) is 6.07 Å². The van der Waals surface area contributed by atoms with Gasteiger partial charge in [-0.3, -0.25) is 4.68 Å². The van der Waals surface area contributed by atoms with Crippen LogP contribution in [0, 0.1) is 6.92 Å². The van der Waals surface area contributed by atoms with Crippen molar-refractivity contribution in [2.45, 2.75) is 45.8 Å². The number of aromatic nitrogens is 2. The summed E-state index contributed by atoms with van der Waals surface area (Å²) < 4.78 is 13.2. The van der Waals surface area contributed by atoms with Crippen LogP contribution in [0.3, 0.4) is 0 Å². The fourth-order valence-electron chi connectivity index (χ4n) is 2.12. The average Bonchev–Trinajstić information content (AvgIpc) is 2.60. The monoisotopic (exact) mass is 238 g/mol. The van der Waals surface area contributed by atoms with Crippen molar-refractivity contribution in [2.24, 2.45) is 0 Å². The van der Waals surface area contributed by atoms with E-state index >= 15 is 0 Å². The second-order valence-electron chi connectivity index (χ2n) is 5.67. The molecule has 4 nitrogen and oxygen atoms in total. The first-order valence-electron chi connectivity index (χ1n) is 6.21. The van der Waals surface area contributed by atoms with Crippen LogP contribution in [0.5, 0.6) is 0 Å². The molecule has 1 aromatic rings. The summed E-state index contributed by atoms with van der Waals surface area (Å²) in [6.07, 6.45) is 0.129. The largest absolute Gasteiger partial charge is 0.376 e. The van der Waals surface area contributed by atoms with E-state index < -0.39 is 0 Å². The lowest BCUT2D eigenvalue weighted by Gasteiger charge is -2.26. The van der Waals surface area contributed by atoms with Gasteiger partial charge in [0.25, 0.3) is 0 Å². The predicted molar refractivity (Wildman–Crippen MR) is 66.2 cm³/mol. The lowest BCUT2D eigenvalue weighted by atomic mass is 9.92. The third-order valence-corrected chi connectivity index (χ3v) is 2.93. The summed E-state index contributed by atoms with van der Waals surface area (Å²) >= 11 is 0. The van der Waals surface area contributed by atoms with Gasteiger partial charge in [0.05, 0.1) is 32.1 Å². The fraction of sp³-hybridized carbons (Fsp3) is 0.769. The average molecular weight is 238 g/mol. The van der Waals surface area contributed by atoms with Crippen LogP contribution < -0.4 is 0 Å². The minimum atomic E-state index is 0.108. The van der Waals surface area contributed by atoms with Gasteiger partial charge < -0.3 is 9.47 Å². The molecule has 0 saturated carbocycles. The zero-order valence-electron chi connectivity index (χ0n) is 11.2. The Balaban J connectivity index is 2.14. The first kappa shape index (κ1) is 12.6. The first-order chi connectivity index (χ1) is 7.97. The maximum Gasteiger partial charge on any atom is 0.100 e. The van der Waals surface area contributed by atoms with Crippen LogP contribution >= 0.6 is 0 Å². The van der Waals surface area contributed by atoms with Crippen LogP contribution in [0.4, 0.5) is 0 Å². The van der Waals surface area contributed by atoms with E-state index in [0.717, 1.165) is 12.2 Å². The molecule has 1 saturated heterocycles. The van der Waals surface area contributed by atoms with Gasteiger partial charge in [-0.1, -0.05) is 20.8 Å². The standard InChI is InChI=1S/C13H22N2O2/c1-10-7-12(13(2,3)4)15(14-10)8-11-9-16-5-6-17-11/h7,11H,5-6,8-9H2,1-4H3. The maximum atomic E-state index is 5.67. The molecule has 96 valence electrons. The fourth-order valence-corrected chi connectivity index (χ4v) is 2.12. The Bertz CT molecular complexity index is 373. The van der Waals surface area contributed by atoms with Gasteiger partial charge in [0, 0.05) is 11.1 Å². The molecule has 1 aromatic heterocycles. The molecule has 4 heteroatoms. The van der Waals surface area contributed by atoms with Gasteiger partial charge in [0.2, 0.25) is 0 Å². The van der Waals surface area contributed by atoms with Gasteiger partial charge in [0.15, 0.2) is 0 Å². The highest BCUT2D eigenvalue weighted by Gasteiger charge is 2.23. The smallest absolute Gasteiger partial charge is 0.100 e. The molecule has 1 aliphatic rings. The highest BCUT2D eigenvalue weighted by molar-refractivity contribution is 5.17. The number of hydrogen-bond acceptors (Lipinski definition) is 3. The Hall–Kier alpha value is -0.870. The van der Waals surface area contributed by atoms with E-state index in [1.807, 2.05) is 6.92 Å². The Labute approximate surface area is 103 Å². The number of aryl methyl sites for hydroxylation is 1. The third-order valence-electron chi connectivity index (χ3n) is 2.93. The SMILES string of the molecule is Cc1cc(C(C)(C)C)n(CC2COCCO2)n1. The van der Waals surface area contributed by atoms with Gasteiger partial charge in [-0.25, -0.2) is 0 Å². The number of hydrogen-bond donors (Lipinski definition) is 0. The molecule has 0 aliphatic carbocycles. The molecule has 0 amide bonds. The molecule has 2 heterocycles. The van der Waals surface area contributed by atoms with Crippen LogP contribution in [-0.2, 0) is 21.4 Å². The second-order valence-corrected chi connectivity index (χ2v) is 5.67. The number of ether oxygens (including phenoxy) is 2. The van der Waals surface area contributed by atoms with Crippen molar-refractivity contribution in [3.8, 4) is 0 Å². The van der Waals surface area contributed by atoms with Gasteiger partial charge >= 0.3 is 0 Å². The highest BCUT2D eigenvalue weighted by atomic mass is 16.6. The van der Waals surface area contributed by atoms with Crippen molar-refractivity contribution in [3.05, 3.63) is 17.5 Å². The molecule has 17 heavy (non-hydrogen) atoms. The minimum absolute atomic E-state index is 0.108. The predicted octanol–water partition coefficient (Wildman–Crippen LogP) is 1.90. The zero-order chi connectivity index (χ0) is 12.5. The molecule has 1 fully saturated rings. The molecular weight excluding hydrogens is 216 g/mol. The van der Waals surface area contributed by atoms with Gasteiger partial charge in [-0.2, -0.15) is 5.10 Å². The second kappa shape index (κ2) is 4.78. The lowest BCUT2D eigenvalue weighted by molar-refractivity contribution is -0.0950. The molecule has 1 aliphatic heterocycles. The summed E-state index contributed by atoms with van der Waals surface area (Å²) in [7, 11) is 0. The quantitative estimate of drug-likeness (QED) is 0.789. The molecule has 0 aromatic carbocycles. The molecule has 1 atom stereocenters. The van der Waals surface area contributed by atoms with Crippen LogP contribution in [0.1, 0.15) is 32.2 Å². The van der Waals surface area contributed by atoms with Crippen molar-refractivity contribution >= 4 is 0 Å². The highest BCUT2D eigenvalue weighted by Crippen LogP contribution is 2.23. The minimum Gasteiger partial charge on any atom is -0.376 e. The molecule has 0 N–H and O–H groups in total. The van der Waals surface area contributed by atoms with E-state index in [4.69, 9.17) is 9.47 Å². The molecule has 0 spiro atoms. The van der Waals surface area contributed by atoms with E-state index in [1.165, 1.54) is 5.69 Å². The van der Waals surface area contributed by atoms with E-state index in [-0.39, 0.29) is 11.5 Å². The Morgan fingerprint density at radius 2 is 2.18 bits per heavy atom. The maximum absolute atomic E-state index is 5.67. The van der Waals surface area contributed by atoms with Crippen molar-refractivity contribution in [3.63, 3.8) is 0 Å². The van der Waals surface area contributed by atoms with Crippen molar-refractivity contribution in [1.82, 2.24) is 9.78 Å². The Morgan fingerprint density at radius 3 is 2.76 bits per heavy atom. The van der Waals surface area contributed by atoms with E-state index in [2.05, 4.69) is 36.6 Å². The number of rotatable bonds is 2. The van der Waals surface area contributed by atoms with Crippen molar-refractivity contribution in [1.29, 1.82) is 0 Å². The van der Waals surface area contributed by atoms with Crippen LogP contribution in [0.2, 0.25) is 0 Å². The summed E-state index contributed by atoms with van der Waals surface area (Å²) in [6, 6.07) is 2.16. The topological polar surface area (TPSA) is 36.3 Å². The van der Waals surface area contributed by atoms with Crippen LogP contribution in [0.25, 0.3) is 0 Å². The summed E-state index contributed by atoms with van der Waals surface area (Å²) in [5.74, 6) is 0. The molecule has 2 rings (SSSR count). The number of nitrogens with zero attached hydrogens (tertiary/aromatic N) is 2. The van der Waals surface area contributed by atoms with Crippen LogP contribution in [-0.4, -0.2) is 35.7 Å². The molecular formula is C13H22N2O2. The van der Waals surface area contributed by atoms with Gasteiger partial charge in [-0.15, -0.1) is 0 Å². The Morgan fingerprint density at radius 1 is 1.41 bits per heavy atom.